The van der Waals surface area contributed by atoms with E-state index in [1.54, 1.807) is 32.0 Å². The van der Waals surface area contributed by atoms with Crippen molar-refractivity contribution in [3.8, 4) is 0 Å². The number of nitrogens with one attached hydrogen (secondary N) is 1. The smallest absolute Gasteiger partial charge is 0.317 e. The van der Waals surface area contributed by atoms with Crippen LogP contribution >= 0.6 is 0 Å². The van der Waals surface area contributed by atoms with Gasteiger partial charge in [-0.25, -0.2) is 4.79 Å². The standard InChI is InChI=1S/C17H29N3O2/c1-13(7-6-9-17(3,4)22)19-16(21)20(5)12-15-8-10-18-14(2)11-15/h8,10-11,13,22H,6-7,9,12H2,1-5H3,(H,19,21)/t13-/m1/s1. The predicted molar refractivity (Wildman–Crippen MR) is 88.6 cm³/mol. The maximum Gasteiger partial charge on any atom is 0.317 e. The molecule has 0 aromatic carbocycles. The highest BCUT2D eigenvalue weighted by Crippen LogP contribution is 2.13. The summed E-state index contributed by atoms with van der Waals surface area (Å²) in [6, 6.07) is 3.92. The molecule has 1 rings (SSSR count). The van der Waals surface area contributed by atoms with Crippen LogP contribution in [-0.4, -0.2) is 39.7 Å². The zero-order valence-electron chi connectivity index (χ0n) is 14.4. The molecule has 0 unspecified atom stereocenters. The Morgan fingerprint density at radius 3 is 2.77 bits per heavy atom. The molecular weight excluding hydrogens is 278 g/mol. The third kappa shape index (κ3) is 7.41. The monoisotopic (exact) mass is 307 g/mol. The van der Waals surface area contributed by atoms with Crippen molar-refractivity contribution in [3.63, 3.8) is 0 Å². The fraction of sp³-hybridized carbons (Fsp3) is 0.647. The summed E-state index contributed by atoms with van der Waals surface area (Å²) in [4.78, 5) is 18.0. The highest BCUT2D eigenvalue weighted by Gasteiger charge is 2.15. The molecule has 1 aromatic heterocycles. The molecule has 1 aromatic rings. The van der Waals surface area contributed by atoms with Crippen LogP contribution in [0, 0.1) is 6.92 Å². The number of aryl methyl sites for hydroxylation is 1. The minimum atomic E-state index is -0.639. The minimum absolute atomic E-state index is 0.0785. The third-order valence-corrected chi connectivity index (χ3v) is 3.52. The number of hydrogen-bond donors (Lipinski definition) is 2. The van der Waals surface area contributed by atoms with Crippen molar-refractivity contribution in [1.29, 1.82) is 0 Å². The molecule has 0 aliphatic carbocycles. The summed E-state index contributed by atoms with van der Waals surface area (Å²) in [5.41, 5.74) is 1.38. The van der Waals surface area contributed by atoms with E-state index in [4.69, 9.17) is 0 Å². The van der Waals surface area contributed by atoms with Crippen LogP contribution in [0.1, 0.15) is 51.3 Å². The second-order valence-corrected chi connectivity index (χ2v) is 6.72. The summed E-state index contributed by atoms with van der Waals surface area (Å²) in [5.74, 6) is 0. The number of pyridine rings is 1. The van der Waals surface area contributed by atoms with E-state index in [1.165, 1.54) is 0 Å². The van der Waals surface area contributed by atoms with Crippen LogP contribution in [0.25, 0.3) is 0 Å². The van der Waals surface area contributed by atoms with Gasteiger partial charge in [-0.1, -0.05) is 0 Å². The van der Waals surface area contributed by atoms with Gasteiger partial charge in [0.2, 0.25) is 0 Å². The van der Waals surface area contributed by atoms with Crippen LogP contribution in [-0.2, 0) is 6.54 Å². The Balaban J connectivity index is 2.37. The summed E-state index contributed by atoms with van der Waals surface area (Å²) in [7, 11) is 1.79. The molecule has 0 fully saturated rings. The molecule has 0 aliphatic rings. The molecule has 0 radical (unpaired) electrons. The zero-order chi connectivity index (χ0) is 16.8. The molecule has 5 nitrogen and oxygen atoms in total. The first-order chi connectivity index (χ1) is 10.2. The summed E-state index contributed by atoms with van der Waals surface area (Å²) >= 11 is 0. The Kier molecular flexibility index (Phi) is 6.81. The maximum atomic E-state index is 12.2. The van der Waals surface area contributed by atoms with Gasteiger partial charge < -0.3 is 15.3 Å². The fourth-order valence-electron chi connectivity index (χ4n) is 2.28. The van der Waals surface area contributed by atoms with Crippen molar-refractivity contribution in [2.45, 2.75) is 65.1 Å². The SMILES string of the molecule is Cc1cc(CN(C)C(=O)N[C@H](C)CCCC(C)(C)O)ccn1. The Morgan fingerprint density at radius 1 is 1.50 bits per heavy atom. The van der Waals surface area contributed by atoms with Crippen molar-refractivity contribution in [2.75, 3.05) is 7.05 Å². The average Bonchev–Trinajstić information content (AvgIpc) is 2.36. The maximum absolute atomic E-state index is 12.2. The number of nitrogens with zero attached hydrogens (tertiary/aromatic N) is 2. The molecule has 0 spiro atoms. The van der Waals surface area contributed by atoms with E-state index in [0.29, 0.717) is 6.54 Å². The predicted octanol–water partition coefficient (Wildman–Crippen LogP) is 2.86. The second-order valence-electron chi connectivity index (χ2n) is 6.72. The molecule has 2 N–H and O–H groups in total. The summed E-state index contributed by atoms with van der Waals surface area (Å²) < 4.78 is 0. The first-order valence-corrected chi connectivity index (χ1v) is 7.83. The lowest BCUT2D eigenvalue weighted by atomic mass is 10.00. The van der Waals surface area contributed by atoms with Crippen molar-refractivity contribution in [3.05, 3.63) is 29.6 Å². The number of aliphatic hydroxyl groups is 1. The number of hydrogen-bond acceptors (Lipinski definition) is 3. The van der Waals surface area contributed by atoms with Gasteiger partial charge in [-0.3, -0.25) is 4.98 Å². The van der Waals surface area contributed by atoms with E-state index >= 15 is 0 Å². The molecule has 0 saturated heterocycles. The van der Waals surface area contributed by atoms with Crippen molar-refractivity contribution in [2.24, 2.45) is 0 Å². The van der Waals surface area contributed by atoms with E-state index in [9.17, 15) is 9.90 Å². The van der Waals surface area contributed by atoms with E-state index in [2.05, 4.69) is 10.3 Å². The largest absolute Gasteiger partial charge is 0.390 e. The summed E-state index contributed by atoms with van der Waals surface area (Å²) in [6.07, 6.45) is 4.24. The van der Waals surface area contributed by atoms with Crippen LogP contribution < -0.4 is 5.32 Å². The number of carbonyl (C=O) groups excluding carboxylic acids is 1. The lowest BCUT2D eigenvalue weighted by Gasteiger charge is -2.23. The highest BCUT2D eigenvalue weighted by molar-refractivity contribution is 5.74. The topological polar surface area (TPSA) is 65.5 Å². The molecule has 1 heterocycles. The number of aromatic nitrogens is 1. The van der Waals surface area contributed by atoms with Crippen molar-refractivity contribution in [1.82, 2.24) is 15.2 Å². The first-order valence-electron chi connectivity index (χ1n) is 7.83. The van der Waals surface area contributed by atoms with Gasteiger partial charge in [-0.2, -0.15) is 0 Å². The van der Waals surface area contributed by atoms with Gasteiger partial charge in [-0.15, -0.1) is 0 Å². The Morgan fingerprint density at radius 2 is 2.18 bits per heavy atom. The molecule has 0 saturated carbocycles. The van der Waals surface area contributed by atoms with E-state index in [1.807, 2.05) is 26.0 Å². The van der Waals surface area contributed by atoms with Gasteiger partial charge >= 0.3 is 6.03 Å². The molecule has 5 heteroatoms. The fourth-order valence-corrected chi connectivity index (χ4v) is 2.28. The van der Waals surface area contributed by atoms with Crippen LogP contribution in [0.5, 0.6) is 0 Å². The molecule has 0 aliphatic heterocycles. The van der Waals surface area contributed by atoms with Gasteiger partial charge in [0.15, 0.2) is 0 Å². The highest BCUT2D eigenvalue weighted by atomic mass is 16.3. The average molecular weight is 307 g/mol. The Bertz CT molecular complexity index is 483. The van der Waals surface area contributed by atoms with Gasteiger partial charge in [0.25, 0.3) is 0 Å². The molecule has 2 amide bonds. The van der Waals surface area contributed by atoms with E-state index in [0.717, 1.165) is 30.5 Å². The zero-order valence-corrected chi connectivity index (χ0v) is 14.4. The Labute approximate surface area is 133 Å². The van der Waals surface area contributed by atoms with E-state index in [-0.39, 0.29) is 12.1 Å². The molecular formula is C17H29N3O2. The summed E-state index contributed by atoms with van der Waals surface area (Å²) in [6.45, 7) is 8.11. The second kappa shape index (κ2) is 8.13. The molecule has 1 atom stereocenters. The van der Waals surface area contributed by atoms with Gasteiger partial charge in [0.05, 0.1) is 5.60 Å². The Hall–Kier alpha value is -1.62. The first kappa shape index (κ1) is 18.4. The van der Waals surface area contributed by atoms with Crippen LogP contribution in [0.4, 0.5) is 4.79 Å². The molecule has 22 heavy (non-hydrogen) atoms. The van der Waals surface area contributed by atoms with Gasteiger partial charge in [0, 0.05) is 31.5 Å². The third-order valence-electron chi connectivity index (χ3n) is 3.52. The van der Waals surface area contributed by atoms with Gasteiger partial charge in [0.1, 0.15) is 0 Å². The van der Waals surface area contributed by atoms with Crippen molar-refractivity contribution >= 4 is 6.03 Å². The quantitative estimate of drug-likeness (QED) is 0.814. The number of carbonyl (C=O) groups is 1. The van der Waals surface area contributed by atoms with Crippen LogP contribution in [0.3, 0.4) is 0 Å². The number of urea groups is 1. The number of amides is 2. The van der Waals surface area contributed by atoms with Crippen molar-refractivity contribution < 1.29 is 9.90 Å². The van der Waals surface area contributed by atoms with E-state index < -0.39 is 5.60 Å². The number of rotatable bonds is 7. The summed E-state index contributed by atoms with van der Waals surface area (Å²) in [5, 5.41) is 12.7. The minimum Gasteiger partial charge on any atom is -0.390 e. The molecule has 0 bridgehead atoms. The lowest BCUT2D eigenvalue weighted by molar-refractivity contribution is 0.0676. The van der Waals surface area contributed by atoms with Crippen LogP contribution in [0.15, 0.2) is 18.3 Å². The lowest BCUT2D eigenvalue weighted by Crippen LogP contribution is -2.41. The molecule has 124 valence electrons. The van der Waals surface area contributed by atoms with Crippen LogP contribution in [0.2, 0.25) is 0 Å². The normalized spacial score (nSPS) is 12.8. The van der Waals surface area contributed by atoms with Gasteiger partial charge in [-0.05, 0) is 64.7 Å².